The van der Waals surface area contributed by atoms with Crippen molar-refractivity contribution in [1.82, 2.24) is 5.32 Å². The minimum atomic E-state index is -3.51. The molecular weight excluding hydrogens is 377 g/mol. The fraction of sp³-hybridized carbons (Fsp3) is 0.824. The Morgan fingerprint density at radius 1 is 1.00 bits per heavy atom. The number of ether oxygens (including phenoxy) is 2. The van der Waals surface area contributed by atoms with Crippen LogP contribution in [0.25, 0.3) is 0 Å². The summed E-state index contributed by atoms with van der Waals surface area (Å²) in [5, 5.41) is 2.41. The molecule has 0 aromatic heterocycles. The van der Waals surface area contributed by atoms with Crippen LogP contribution in [-0.2, 0) is 32.7 Å². The summed E-state index contributed by atoms with van der Waals surface area (Å²) in [7, 11) is -3.51. The summed E-state index contributed by atoms with van der Waals surface area (Å²) in [6, 6.07) is -1.05. The van der Waals surface area contributed by atoms with Gasteiger partial charge in [-0.1, -0.05) is 0 Å². The van der Waals surface area contributed by atoms with Crippen LogP contribution < -0.4 is 5.32 Å². The Labute approximate surface area is 161 Å². The fourth-order valence-corrected chi connectivity index (χ4v) is 3.70. The van der Waals surface area contributed by atoms with Gasteiger partial charge in [0.15, 0.2) is 0 Å². The van der Waals surface area contributed by atoms with Crippen LogP contribution in [0.2, 0.25) is 0 Å². The van der Waals surface area contributed by atoms with Gasteiger partial charge in [-0.05, 0) is 48.0 Å². The Morgan fingerprint density at radius 3 is 2.00 bits per heavy atom. The average molecular weight is 409 g/mol. The number of carbonyl (C=O) groups excluding carboxylic acids is 3. The molecule has 0 unspecified atom stereocenters. The average Bonchev–Trinajstić information content (AvgIpc) is 2.49. The fourth-order valence-electron chi connectivity index (χ4n) is 2.06. The summed E-state index contributed by atoms with van der Waals surface area (Å²) in [4.78, 5) is 36.1. The van der Waals surface area contributed by atoms with Gasteiger partial charge in [0.2, 0.25) is 0 Å². The number of hydrogen-bond acceptors (Lipinski definition) is 8. The van der Waals surface area contributed by atoms with Gasteiger partial charge in [-0.15, -0.1) is 0 Å². The van der Waals surface area contributed by atoms with Crippen molar-refractivity contribution in [3.63, 3.8) is 0 Å². The van der Waals surface area contributed by atoms with Crippen LogP contribution in [0.1, 0.15) is 54.4 Å². The van der Waals surface area contributed by atoms with E-state index in [4.69, 9.17) is 18.5 Å². The SMILES string of the molecule is CCOC(=O)[C@H](CCC(=O)CP(=O)(OCC)OCC)NC(=O)OC(C)(C)C. The molecule has 1 N–H and O–H groups in total. The lowest BCUT2D eigenvalue weighted by Gasteiger charge is -2.23. The normalized spacial score (nSPS) is 13.0. The molecule has 0 aromatic rings. The molecule has 0 radical (unpaired) electrons. The number of esters is 1. The first-order valence-electron chi connectivity index (χ1n) is 9.02. The van der Waals surface area contributed by atoms with E-state index in [1.165, 1.54) is 0 Å². The molecule has 0 aliphatic rings. The molecule has 1 atom stereocenters. The number of rotatable bonds is 12. The Bertz CT molecular complexity index is 534. The lowest BCUT2D eigenvalue weighted by molar-refractivity contribution is -0.145. The Kier molecular flexibility index (Phi) is 11.5. The van der Waals surface area contributed by atoms with E-state index in [9.17, 15) is 18.9 Å². The molecular formula is C17H32NO8P. The summed E-state index contributed by atoms with van der Waals surface area (Å²) in [6.45, 7) is 10.4. The first-order chi connectivity index (χ1) is 12.5. The zero-order valence-corrected chi connectivity index (χ0v) is 17.9. The van der Waals surface area contributed by atoms with Crippen molar-refractivity contribution in [2.24, 2.45) is 0 Å². The van der Waals surface area contributed by atoms with Crippen molar-refractivity contribution in [3.05, 3.63) is 0 Å². The van der Waals surface area contributed by atoms with Gasteiger partial charge in [0, 0.05) is 6.42 Å². The van der Waals surface area contributed by atoms with E-state index < -0.39 is 43.2 Å². The van der Waals surface area contributed by atoms with Crippen molar-refractivity contribution in [3.8, 4) is 0 Å². The van der Waals surface area contributed by atoms with Crippen LogP contribution in [0.15, 0.2) is 0 Å². The molecule has 0 bridgehead atoms. The molecule has 0 fully saturated rings. The van der Waals surface area contributed by atoms with Gasteiger partial charge in [0.05, 0.1) is 19.8 Å². The number of carbonyl (C=O) groups is 3. The topological polar surface area (TPSA) is 117 Å². The molecule has 1 amide bonds. The monoisotopic (exact) mass is 409 g/mol. The summed E-state index contributed by atoms with van der Waals surface area (Å²) in [5.74, 6) is -1.07. The van der Waals surface area contributed by atoms with Gasteiger partial charge < -0.3 is 23.8 Å². The Balaban J connectivity index is 4.88. The highest BCUT2D eigenvalue weighted by molar-refractivity contribution is 7.54. The molecule has 10 heteroatoms. The smallest absolute Gasteiger partial charge is 0.408 e. The first kappa shape index (κ1) is 25.6. The predicted octanol–water partition coefficient (Wildman–Crippen LogP) is 3.06. The van der Waals surface area contributed by atoms with E-state index in [0.717, 1.165) is 0 Å². The molecule has 27 heavy (non-hydrogen) atoms. The minimum absolute atomic E-state index is 0.0187. The van der Waals surface area contributed by atoms with Gasteiger partial charge in [-0.25, -0.2) is 9.59 Å². The van der Waals surface area contributed by atoms with Crippen LogP contribution in [0.3, 0.4) is 0 Å². The van der Waals surface area contributed by atoms with E-state index in [0.29, 0.717) is 0 Å². The second-order valence-electron chi connectivity index (χ2n) is 6.63. The molecule has 9 nitrogen and oxygen atoms in total. The standard InChI is InChI=1S/C17H32NO8P/c1-7-23-15(20)14(18-16(21)26-17(4,5)6)11-10-13(19)12-27(22,24-8-2)25-9-3/h14H,7-12H2,1-6H3,(H,18,21)/t14-/m0/s1. The van der Waals surface area contributed by atoms with Crippen molar-refractivity contribution in [2.45, 2.75) is 66.0 Å². The van der Waals surface area contributed by atoms with Gasteiger partial charge in [0.1, 0.15) is 23.6 Å². The molecule has 0 aliphatic carbocycles. The van der Waals surface area contributed by atoms with Crippen LogP contribution >= 0.6 is 7.60 Å². The first-order valence-corrected chi connectivity index (χ1v) is 10.7. The highest BCUT2D eigenvalue weighted by Crippen LogP contribution is 2.48. The maximum atomic E-state index is 12.4. The molecule has 0 spiro atoms. The molecule has 0 saturated heterocycles. The largest absolute Gasteiger partial charge is 0.464 e. The number of amides is 1. The summed E-state index contributed by atoms with van der Waals surface area (Å²) in [6.07, 6.45) is -1.31. The predicted molar refractivity (Wildman–Crippen MR) is 99.8 cm³/mol. The van der Waals surface area contributed by atoms with E-state index >= 15 is 0 Å². The van der Waals surface area contributed by atoms with Gasteiger partial charge in [-0.3, -0.25) is 9.36 Å². The quantitative estimate of drug-likeness (QED) is 0.386. The third kappa shape index (κ3) is 11.8. The maximum Gasteiger partial charge on any atom is 0.408 e. The minimum Gasteiger partial charge on any atom is -0.464 e. The molecule has 0 heterocycles. The highest BCUT2D eigenvalue weighted by Gasteiger charge is 2.30. The van der Waals surface area contributed by atoms with Crippen molar-refractivity contribution in [1.29, 1.82) is 0 Å². The van der Waals surface area contributed by atoms with Crippen LogP contribution in [0.4, 0.5) is 4.79 Å². The third-order valence-electron chi connectivity index (χ3n) is 3.00. The third-order valence-corrected chi connectivity index (χ3v) is 5.04. The van der Waals surface area contributed by atoms with Crippen molar-refractivity contribution < 1.29 is 37.5 Å². The van der Waals surface area contributed by atoms with Gasteiger partial charge >= 0.3 is 19.7 Å². The zero-order chi connectivity index (χ0) is 21.1. The number of alkyl carbamates (subject to hydrolysis) is 1. The van der Waals surface area contributed by atoms with Crippen LogP contribution in [-0.4, -0.2) is 55.5 Å². The number of Topliss-reactive ketones (excluding diaryl/α,β-unsaturated/α-hetero) is 1. The number of ketones is 1. The lowest BCUT2D eigenvalue weighted by atomic mass is 10.1. The van der Waals surface area contributed by atoms with Crippen LogP contribution in [0, 0.1) is 0 Å². The number of nitrogens with one attached hydrogen (secondary N) is 1. The van der Waals surface area contributed by atoms with E-state index in [1.54, 1.807) is 41.5 Å². The molecule has 0 saturated carbocycles. The van der Waals surface area contributed by atoms with Gasteiger partial charge in [0.25, 0.3) is 0 Å². The Morgan fingerprint density at radius 2 is 1.56 bits per heavy atom. The summed E-state index contributed by atoms with van der Waals surface area (Å²) >= 11 is 0. The second-order valence-corrected chi connectivity index (χ2v) is 8.69. The highest BCUT2D eigenvalue weighted by atomic mass is 31.2. The zero-order valence-electron chi connectivity index (χ0n) is 17.0. The summed E-state index contributed by atoms with van der Waals surface area (Å²) in [5.41, 5.74) is -0.735. The Hall–Kier alpha value is -1.44. The molecule has 158 valence electrons. The van der Waals surface area contributed by atoms with Crippen molar-refractivity contribution in [2.75, 3.05) is 26.0 Å². The molecule has 0 rings (SSSR count). The van der Waals surface area contributed by atoms with E-state index in [2.05, 4.69) is 5.32 Å². The molecule has 0 aromatic carbocycles. The second kappa shape index (κ2) is 12.1. The van der Waals surface area contributed by atoms with Crippen LogP contribution in [0.5, 0.6) is 0 Å². The van der Waals surface area contributed by atoms with E-state index in [-0.39, 0.29) is 32.7 Å². The lowest BCUT2D eigenvalue weighted by Crippen LogP contribution is -2.44. The van der Waals surface area contributed by atoms with Crippen molar-refractivity contribution >= 4 is 25.4 Å². The maximum absolute atomic E-state index is 12.4. The summed E-state index contributed by atoms with van der Waals surface area (Å²) < 4.78 is 32.6. The number of hydrogen-bond donors (Lipinski definition) is 1. The van der Waals surface area contributed by atoms with Gasteiger partial charge in [-0.2, -0.15) is 0 Å². The van der Waals surface area contributed by atoms with E-state index in [1.807, 2.05) is 0 Å². The molecule has 0 aliphatic heterocycles.